The first-order valence-corrected chi connectivity index (χ1v) is 11.9. The van der Waals surface area contributed by atoms with E-state index in [9.17, 15) is 9.59 Å². The number of unbranched alkanes of at least 4 members (excludes halogenated alkanes) is 11. The third-order valence-electron chi connectivity index (χ3n) is 4.98. The zero-order valence-electron chi connectivity index (χ0n) is 18.9. The Morgan fingerprint density at radius 1 is 0.607 bits per heavy atom. The van der Waals surface area contributed by atoms with Crippen molar-refractivity contribution in [2.24, 2.45) is 5.92 Å². The zero-order chi connectivity index (χ0) is 20.9. The van der Waals surface area contributed by atoms with Crippen molar-refractivity contribution in [3.63, 3.8) is 0 Å². The molecule has 0 amide bonds. The van der Waals surface area contributed by atoms with Crippen LogP contribution in [0.5, 0.6) is 0 Å². The van der Waals surface area contributed by atoms with Crippen LogP contribution < -0.4 is 0 Å². The standard InChI is InChI=1S/C24H46O4/c1-4-5-6-7-8-9-10-11-12-13-14-15-20-27-23(25)17-16-18-24(26)28-21-19-22(2)3/h22H,4-21H2,1-3H3. The van der Waals surface area contributed by atoms with Crippen LogP contribution in [-0.4, -0.2) is 25.2 Å². The largest absolute Gasteiger partial charge is 0.466 e. The van der Waals surface area contributed by atoms with Crippen LogP contribution in [0.4, 0.5) is 0 Å². The Morgan fingerprint density at radius 2 is 1.04 bits per heavy atom. The highest BCUT2D eigenvalue weighted by molar-refractivity contribution is 5.72. The van der Waals surface area contributed by atoms with Crippen molar-refractivity contribution < 1.29 is 19.1 Å². The summed E-state index contributed by atoms with van der Waals surface area (Å²) < 4.78 is 10.4. The molecule has 0 saturated carbocycles. The van der Waals surface area contributed by atoms with Crippen LogP contribution in [0, 0.1) is 5.92 Å². The fourth-order valence-corrected chi connectivity index (χ4v) is 3.06. The molecule has 0 heterocycles. The van der Waals surface area contributed by atoms with Crippen LogP contribution in [0.25, 0.3) is 0 Å². The van der Waals surface area contributed by atoms with Crippen LogP contribution in [-0.2, 0) is 19.1 Å². The Kier molecular flexibility index (Phi) is 19.9. The van der Waals surface area contributed by atoms with E-state index < -0.39 is 0 Å². The van der Waals surface area contributed by atoms with Crippen molar-refractivity contribution in [2.75, 3.05) is 13.2 Å². The number of hydrogen-bond donors (Lipinski definition) is 0. The number of carbonyl (C=O) groups is 2. The molecule has 4 heteroatoms. The van der Waals surface area contributed by atoms with Gasteiger partial charge in [0.15, 0.2) is 0 Å². The molecule has 0 aromatic carbocycles. The van der Waals surface area contributed by atoms with E-state index in [0.717, 1.165) is 19.3 Å². The van der Waals surface area contributed by atoms with E-state index in [-0.39, 0.29) is 11.9 Å². The Balaban J connectivity index is 3.27. The number of carbonyl (C=O) groups excluding carboxylic acids is 2. The minimum Gasteiger partial charge on any atom is -0.466 e. The highest BCUT2D eigenvalue weighted by atomic mass is 16.5. The quantitative estimate of drug-likeness (QED) is 0.164. The van der Waals surface area contributed by atoms with Crippen LogP contribution in [0.1, 0.15) is 124 Å². The number of esters is 2. The third kappa shape index (κ3) is 21.2. The smallest absolute Gasteiger partial charge is 0.305 e. The van der Waals surface area contributed by atoms with Gasteiger partial charge in [0.2, 0.25) is 0 Å². The summed E-state index contributed by atoms with van der Waals surface area (Å²) in [6.07, 6.45) is 17.6. The summed E-state index contributed by atoms with van der Waals surface area (Å²) in [7, 11) is 0. The SMILES string of the molecule is CCCCCCCCCCCCCCOC(=O)CCCC(=O)OCCC(C)C. The Bertz CT molecular complexity index is 366. The van der Waals surface area contributed by atoms with Crippen molar-refractivity contribution in [1.82, 2.24) is 0 Å². The molecular weight excluding hydrogens is 352 g/mol. The maximum atomic E-state index is 11.7. The first kappa shape index (κ1) is 26.9. The fourth-order valence-electron chi connectivity index (χ4n) is 3.06. The van der Waals surface area contributed by atoms with E-state index >= 15 is 0 Å². The molecule has 0 fully saturated rings. The molecule has 0 spiro atoms. The highest BCUT2D eigenvalue weighted by Gasteiger charge is 2.07. The maximum Gasteiger partial charge on any atom is 0.305 e. The Hall–Kier alpha value is -1.06. The molecule has 0 bridgehead atoms. The maximum absolute atomic E-state index is 11.7. The molecule has 0 unspecified atom stereocenters. The molecule has 0 aliphatic carbocycles. The van der Waals surface area contributed by atoms with Gasteiger partial charge in [-0.3, -0.25) is 9.59 Å². The van der Waals surface area contributed by atoms with Gasteiger partial charge in [-0.15, -0.1) is 0 Å². The summed E-state index contributed by atoms with van der Waals surface area (Å²) in [5.41, 5.74) is 0. The minimum atomic E-state index is -0.214. The van der Waals surface area contributed by atoms with E-state index in [1.165, 1.54) is 64.2 Å². The van der Waals surface area contributed by atoms with Crippen molar-refractivity contribution in [3.05, 3.63) is 0 Å². The molecule has 0 aliphatic rings. The predicted octanol–water partition coefficient (Wildman–Crippen LogP) is 6.99. The van der Waals surface area contributed by atoms with Gasteiger partial charge in [-0.2, -0.15) is 0 Å². The van der Waals surface area contributed by atoms with Gasteiger partial charge in [-0.05, 0) is 25.2 Å². The molecule has 0 N–H and O–H groups in total. The summed E-state index contributed by atoms with van der Waals surface area (Å²) in [6.45, 7) is 7.44. The molecular formula is C24H46O4. The lowest BCUT2D eigenvalue weighted by molar-refractivity contribution is -0.145. The predicted molar refractivity (Wildman–Crippen MR) is 116 cm³/mol. The second-order valence-electron chi connectivity index (χ2n) is 8.37. The molecule has 0 aliphatic heterocycles. The average molecular weight is 399 g/mol. The Morgan fingerprint density at radius 3 is 1.50 bits per heavy atom. The van der Waals surface area contributed by atoms with Crippen LogP contribution in [0.15, 0.2) is 0 Å². The molecule has 0 saturated heterocycles. The van der Waals surface area contributed by atoms with E-state index in [2.05, 4.69) is 20.8 Å². The summed E-state index contributed by atoms with van der Waals surface area (Å²) in [5, 5.41) is 0. The molecule has 0 atom stereocenters. The second-order valence-corrected chi connectivity index (χ2v) is 8.37. The van der Waals surface area contributed by atoms with Crippen molar-refractivity contribution in [3.8, 4) is 0 Å². The first-order chi connectivity index (χ1) is 13.6. The highest BCUT2D eigenvalue weighted by Crippen LogP contribution is 2.12. The number of rotatable bonds is 20. The zero-order valence-corrected chi connectivity index (χ0v) is 18.9. The second kappa shape index (κ2) is 20.7. The molecule has 0 rings (SSSR count). The molecule has 0 aromatic heterocycles. The van der Waals surface area contributed by atoms with Gasteiger partial charge in [-0.1, -0.05) is 91.4 Å². The summed E-state index contributed by atoms with van der Waals surface area (Å²) in [5.74, 6) is 0.121. The fraction of sp³-hybridized carbons (Fsp3) is 0.917. The molecule has 0 radical (unpaired) electrons. The molecule has 166 valence electrons. The van der Waals surface area contributed by atoms with Gasteiger partial charge < -0.3 is 9.47 Å². The number of ether oxygens (including phenoxy) is 2. The lowest BCUT2D eigenvalue weighted by Gasteiger charge is -2.07. The van der Waals surface area contributed by atoms with E-state index in [1.54, 1.807) is 0 Å². The minimum absolute atomic E-state index is 0.196. The van der Waals surface area contributed by atoms with Gasteiger partial charge in [0.1, 0.15) is 0 Å². The topological polar surface area (TPSA) is 52.6 Å². The summed E-state index contributed by atoms with van der Waals surface area (Å²) in [6, 6.07) is 0. The van der Waals surface area contributed by atoms with Crippen LogP contribution in [0.3, 0.4) is 0 Å². The first-order valence-electron chi connectivity index (χ1n) is 11.9. The Labute approximate surface area is 174 Å². The third-order valence-corrected chi connectivity index (χ3v) is 4.98. The van der Waals surface area contributed by atoms with Gasteiger partial charge in [0.25, 0.3) is 0 Å². The van der Waals surface area contributed by atoms with Crippen LogP contribution >= 0.6 is 0 Å². The van der Waals surface area contributed by atoms with Crippen LogP contribution in [0.2, 0.25) is 0 Å². The van der Waals surface area contributed by atoms with E-state index in [4.69, 9.17) is 9.47 Å². The van der Waals surface area contributed by atoms with E-state index in [0.29, 0.717) is 38.4 Å². The lowest BCUT2D eigenvalue weighted by atomic mass is 10.1. The molecule has 4 nitrogen and oxygen atoms in total. The lowest BCUT2D eigenvalue weighted by Crippen LogP contribution is -2.10. The van der Waals surface area contributed by atoms with Gasteiger partial charge in [0.05, 0.1) is 13.2 Å². The van der Waals surface area contributed by atoms with Gasteiger partial charge >= 0.3 is 11.9 Å². The number of hydrogen-bond acceptors (Lipinski definition) is 4. The van der Waals surface area contributed by atoms with Gasteiger partial charge in [0, 0.05) is 12.8 Å². The van der Waals surface area contributed by atoms with Crippen molar-refractivity contribution >= 4 is 11.9 Å². The summed E-state index contributed by atoms with van der Waals surface area (Å²) >= 11 is 0. The average Bonchev–Trinajstić information content (AvgIpc) is 2.65. The normalized spacial score (nSPS) is 11.0. The molecule has 28 heavy (non-hydrogen) atoms. The van der Waals surface area contributed by atoms with E-state index in [1.807, 2.05) is 0 Å². The van der Waals surface area contributed by atoms with Crippen molar-refractivity contribution in [2.45, 2.75) is 124 Å². The molecule has 0 aromatic rings. The summed E-state index contributed by atoms with van der Waals surface area (Å²) in [4.78, 5) is 23.2. The van der Waals surface area contributed by atoms with Crippen molar-refractivity contribution in [1.29, 1.82) is 0 Å². The van der Waals surface area contributed by atoms with Gasteiger partial charge in [-0.25, -0.2) is 0 Å². The monoisotopic (exact) mass is 398 g/mol.